The molecule has 1 atom stereocenters. The molecule has 9 nitrogen and oxygen atoms in total. The monoisotopic (exact) mass is 443 g/mol. The van der Waals surface area contributed by atoms with Gasteiger partial charge in [0.15, 0.2) is 5.54 Å². The van der Waals surface area contributed by atoms with Crippen LogP contribution in [0, 0.1) is 0 Å². The summed E-state index contributed by atoms with van der Waals surface area (Å²) >= 11 is 1.30. The van der Waals surface area contributed by atoms with Crippen molar-refractivity contribution in [3.8, 4) is 11.5 Å². The van der Waals surface area contributed by atoms with E-state index in [1.165, 1.54) is 17.8 Å². The van der Waals surface area contributed by atoms with Crippen molar-refractivity contribution >= 4 is 22.8 Å². The van der Waals surface area contributed by atoms with Crippen LogP contribution in [-0.4, -0.2) is 92.5 Å². The van der Waals surface area contributed by atoms with Crippen molar-refractivity contribution in [1.29, 1.82) is 0 Å². The van der Waals surface area contributed by atoms with E-state index < -0.39 is 11.5 Å². The number of benzene rings is 1. The molecule has 2 rings (SSSR count). The molecule has 0 saturated heterocycles. The van der Waals surface area contributed by atoms with Crippen LogP contribution in [0.3, 0.4) is 0 Å². The second kappa shape index (κ2) is 12.8. The van der Waals surface area contributed by atoms with Crippen molar-refractivity contribution in [2.24, 2.45) is 4.99 Å². The van der Waals surface area contributed by atoms with Crippen molar-refractivity contribution in [2.75, 3.05) is 65.7 Å². The third kappa shape index (κ3) is 7.77. The maximum Gasteiger partial charge on any atom is 0.332 e. The first-order valence-corrected chi connectivity index (χ1v) is 10.6. The summed E-state index contributed by atoms with van der Waals surface area (Å²) in [6.07, 6.45) is 0. The summed E-state index contributed by atoms with van der Waals surface area (Å²) in [6.45, 7) is 5.33. The van der Waals surface area contributed by atoms with Crippen molar-refractivity contribution in [1.82, 2.24) is 0 Å². The second-order valence-electron chi connectivity index (χ2n) is 6.64. The molecule has 30 heavy (non-hydrogen) atoms. The van der Waals surface area contributed by atoms with Gasteiger partial charge in [0.2, 0.25) is 0 Å². The molecule has 10 heteroatoms. The predicted octanol–water partition coefficient (Wildman–Crippen LogP) is 1.80. The van der Waals surface area contributed by atoms with Crippen molar-refractivity contribution in [2.45, 2.75) is 12.5 Å². The summed E-state index contributed by atoms with van der Waals surface area (Å²) in [4.78, 5) is 15.6. The van der Waals surface area contributed by atoms with Crippen LogP contribution < -0.4 is 4.74 Å². The van der Waals surface area contributed by atoms with E-state index >= 15 is 0 Å². The van der Waals surface area contributed by atoms with E-state index in [0.29, 0.717) is 75.0 Å². The highest BCUT2D eigenvalue weighted by Crippen LogP contribution is 2.35. The van der Waals surface area contributed by atoms with Crippen molar-refractivity contribution < 1.29 is 38.7 Å². The molecule has 0 radical (unpaired) electrons. The lowest BCUT2D eigenvalue weighted by molar-refractivity contribution is -0.141. The fourth-order valence-electron chi connectivity index (χ4n) is 2.42. The van der Waals surface area contributed by atoms with Crippen LogP contribution in [0.4, 0.5) is 0 Å². The third-order valence-corrected chi connectivity index (χ3v) is 5.46. The Balaban J connectivity index is 1.66. The Morgan fingerprint density at radius 1 is 1.07 bits per heavy atom. The molecule has 0 aliphatic carbocycles. The minimum Gasteiger partial charge on any atom is -0.507 e. The molecule has 1 aromatic rings. The number of carboxylic acid groups (broad SMARTS) is 1. The number of carboxylic acids is 1. The number of hydrogen-bond donors (Lipinski definition) is 2. The van der Waals surface area contributed by atoms with E-state index in [9.17, 15) is 15.0 Å². The number of thioether (sulfide) groups is 1. The summed E-state index contributed by atoms with van der Waals surface area (Å²) in [7, 11) is 1.63. The zero-order chi connectivity index (χ0) is 21.8. The zero-order valence-corrected chi connectivity index (χ0v) is 18.1. The van der Waals surface area contributed by atoms with Gasteiger partial charge in [-0.25, -0.2) is 4.79 Å². The second-order valence-corrected chi connectivity index (χ2v) is 7.61. The van der Waals surface area contributed by atoms with Gasteiger partial charge in [-0.15, -0.1) is 11.8 Å². The summed E-state index contributed by atoms with van der Waals surface area (Å²) in [6, 6.07) is 4.80. The Hall–Kier alpha value is -1.85. The molecule has 1 heterocycles. The number of phenols is 1. The number of nitrogens with zero attached hydrogens (tertiary/aromatic N) is 1. The van der Waals surface area contributed by atoms with Gasteiger partial charge in [0, 0.05) is 12.9 Å². The minimum absolute atomic E-state index is 0.0304. The summed E-state index contributed by atoms with van der Waals surface area (Å²) in [5.74, 6) is -0.0974. The van der Waals surface area contributed by atoms with Gasteiger partial charge in [0.1, 0.15) is 23.1 Å². The molecule has 2 N–H and O–H groups in total. The van der Waals surface area contributed by atoms with Gasteiger partial charge in [0.05, 0.1) is 51.8 Å². The number of phenolic OH excluding ortho intramolecular Hbond substituents is 1. The van der Waals surface area contributed by atoms with Crippen LogP contribution in [0.15, 0.2) is 23.2 Å². The Morgan fingerprint density at radius 3 is 2.23 bits per heavy atom. The first kappa shape index (κ1) is 24.4. The van der Waals surface area contributed by atoms with E-state index in [2.05, 4.69) is 4.99 Å². The zero-order valence-electron chi connectivity index (χ0n) is 17.3. The summed E-state index contributed by atoms with van der Waals surface area (Å²) in [5.41, 5.74) is -0.723. The molecule has 1 aliphatic heterocycles. The number of methoxy groups -OCH3 is 1. The highest BCUT2D eigenvalue weighted by atomic mass is 32.2. The van der Waals surface area contributed by atoms with Crippen LogP contribution in [0.2, 0.25) is 0 Å². The van der Waals surface area contributed by atoms with E-state index in [0.717, 1.165) is 0 Å². The number of aliphatic carboxylic acids is 1. The topological polar surface area (TPSA) is 116 Å². The maximum absolute atomic E-state index is 11.4. The van der Waals surface area contributed by atoms with Gasteiger partial charge in [0.25, 0.3) is 0 Å². The first-order chi connectivity index (χ1) is 14.5. The van der Waals surface area contributed by atoms with Crippen LogP contribution in [0.25, 0.3) is 0 Å². The average Bonchev–Trinajstić information content (AvgIpc) is 3.13. The number of rotatable bonds is 15. The molecular weight excluding hydrogens is 414 g/mol. The molecule has 168 valence electrons. The van der Waals surface area contributed by atoms with Crippen LogP contribution in [-0.2, 0) is 23.7 Å². The van der Waals surface area contributed by atoms with Crippen molar-refractivity contribution in [3.05, 3.63) is 23.8 Å². The Morgan fingerprint density at radius 2 is 1.67 bits per heavy atom. The summed E-state index contributed by atoms with van der Waals surface area (Å²) in [5, 5.41) is 19.9. The van der Waals surface area contributed by atoms with Gasteiger partial charge >= 0.3 is 5.97 Å². The Bertz CT molecular complexity index is 714. The van der Waals surface area contributed by atoms with E-state index in [4.69, 9.17) is 23.7 Å². The molecule has 1 aliphatic rings. The predicted molar refractivity (Wildman–Crippen MR) is 113 cm³/mol. The lowest BCUT2D eigenvalue weighted by Crippen LogP contribution is -2.33. The molecule has 0 unspecified atom stereocenters. The summed E-state index contributed by atoms with van der Waals surface area (Å²) < 4.78 is 26.6. The van der Waals surface area contributed by atoms with Crippen molar-refractivity contribution in [3.63, 3.8) is 0 Å². The van der Waals surface area contributed by atoms with Gasteiger partial charge in [-0.1, -0.05) is 0 Å². The van der Waals surface area contributed by atoms with Crippen LogP contribution in [0.1, 0.15) is 12.5 Å². The highest BCUT2D eigenvalue weighted by molar-refractivity contribution is 8.14. The number of ether oxygens (including phenoxy) is 5. The molecule has 0 spiro atoms. The molecule has 0 bridgehead atoms. The van der Waals surface area contributed by atoms with Gasteiger partial charge in [-0.2, -0.15) is 0 Å². The number of aliphatic imine (C=N–C) groups is 1. The molecule has 0 fully saturated rings. The lowest BCUT2D eigenvalue weighted by Gasteiger charge is -2.12. The standard InChI is InChI=1S/C20H29NO8S/c1-20(19(23)24)14-30-18(21-20)16-13-15(3-4-17(16)22)29-12-11-28-10-9-27-8-7-26-6-5-25-2/h3-4,13,22H,5-12,14H2,1-2H3,(H,23,24)/t20-/m1/s1. The van der Waals surface area contributed by atoms with E-state index in [1.54, 1.807) is 26.2 Å². The highest BCUT2D eigenvalue weighted by Gasteiger charge is 2.39. The average molecular weight is 444 g/mol. The fourth-order valence-corrected chi connectivity index (χ4v) is 3.61. The lowest BCUT2D eigenvalue weighted by atomic mass is 10.1. The SMILES string of the molecule is COCCOCCOCCOCCOc1ccc(O)c(C2=N[C@@](C)(C(=O)O)CS2)c1. The number of carbonyl (C=O) groups is 1. The quantitative estimate of drug-likeness (QED) is 0.391. The largest absolute Gasteiger partial charge is 0.507 e. The molecule has 0 aromatic heterocycles. The smallest absolute Gasteiger partial charge is 0.332 e. The Labute approximate surface area is 180 Å². The normalized spacial score (nSPS) is 18.4. The van der Waals surface area contributed by atoms with Crippen LogP contribution in [0.5, 0.6) is 11.5 Å². The van der Waals surface area contributed by atoms with E-state index in [-0.39, 0.29) is 5.75 Å². The number of aromatic hydroxyl groups is 1. The maximum atomic E-state index is 11.4. The van der Waals surface area contributed by atoms with E-state index in [1.807, 2.05) is 0 Å². The first-order valence-electron chi connectivity index (χ1n) is 9.60. The van der Waals surface area contributed by atoms with Gasteiger partial charge in [-0.3, -0.25) is 4.99 Å². The molecule has 0 amide bonds. The number of hydrogen-bond acceptors (Lipinski definition) is 9. The van der Waals surface area contributed by atoms with Gasteiger partial charge in [-0.05, 0) is 25.1 Å². The molecule has 1 aromatic carbocycles. The van der Waals surface area contributed by atoms with Gasteiger partial charge < -0.3 is 33.9 Å². The third-order valence-electron chi connectivity index (χ3n) is 4.17. The fraction of sp³-hybridized carbons (Fsp3) is 0.600. The molecular formula is C20H29NO8S. The Kier molecular flexibility index (Phi) is 10.4. The molecule has 0 saturated carbocycles. The minimum atomic E-state index is -1.19. The van der Waals surface area contributed by atoms with Crippen LogP contribution >= 0.6 is 11.8 Å².